The monoisotopic (exact) mass is 306 g/mol. The van der Waals surface area contributed by atoms with E-state index in [1.54, 1.807) is 12.1 Å². The maximum atomic E-state index is 13.7. The molecule has 0 fully saturated rings. The maximum Gasteiger partial charge on any atom is 0.123 e. The number of benzene rings is 2. The first-order chi connectivity index (χ1) is 11.2. The average Bonchev–Trinajstić information content (AvgIpc) is 2.94. The molecule has 1 aromatic heterocycles. The van der Waals surface area contributed by atoms with Crippen LogP contribution in [0.25, 0.3) is 10.9 Å². The third kappa shape index (κ3) is 1.66. The Balaban J connectivity index is 1.83. The zero-order valence-corrected chi connectivity index (χ0v) is 13.2. The SMILES string of the molecule is CC12c3ccccc3CCN1CCc1c2[nH]c2ccc(F)cc12. The third-order valence-corrected chi connectivity index (χ3v) is 5.81. The highest BCUT2D eigenvalue weighted by molar-refractivity contribution is 5.86. The topological polar surface area (TPSA) is 19.0 Å². The van der Waals surface area contributed by atoms with Gasteiger partial charge in [-0.05, 0) is 54.7 Å². The van der Waals surface area contributed by atoms with Gasteiger partial charge >= 0.3 is 0 Å². The van der Waals surface area contributed by atoms with Crippen molar-refractivity contribution in [1.82, 2.24) is 9.88 Å². The van der Waals surface area contributed by atoms with Crippen molar-refractivity contribution in [2.75, 3.05) is 13.1 Å². The molecule has 0 aliphatic carbocycles. The van der Waals surface area contributed by atoms with Crippen LogP contribution in [0.3, 0.4) is 0 Å². The van der Waals surface area contributed by atoms with Gasteiger partial charge in [-0.2, -0.15) is 0 Å². The van der Waals surface area contributed by atoms with Crippen molar-refractivity contribution in [3.8, 4) is 0 Å². The number of nitrogens with one attached hydrogen (secondary N) is 1. The van der Waals surface area contributed by atoms with E-state index in [2.05, 4.69) is 41.1 Å². The van der Waals surface area contributed by atoms with Crippen LogP contribution in [0.4, 0.5) is 4.39 Å². The Kier molecular flexibility index (Phi) is 2.58. The van der Waals surface area contributed by atoms with Crippen molar-refractivity contribution < 1.29 is 4.39 Å². The van der Waals surface area contributed by atoms with E-state index in [0.29, 0.717) is 0 Å². The van der Waals surface area contributed by atoms with Gasteiger partial charge in [-0.1, -0.05) is 24.3 Å². The lowest BCUT2D eigenvalue weighted by molar-refractivity contribution is 0.112. The van der Waals surface area contributed by atoms with Gasteiger partial charge in [-0.25, -0.2) is 4.39 Å². The van der Waals surface area contributed by atoms with E-state index in [9.17, 15) is 4.39 Å². The van der Waals surface area contributed by atoms with Crippen LogP contribution in [-0.2, 0) is 18.4 Å². The number of H-pyrrole nitrogens is 1. The fraction of sp³-hybridized carbons (Fsp3) is 0.300. The standard InChI is InChI=1S/C20H19FN2/c1-20-17-5-3-2-4-13(17)8-10-23(20)11-9-15-16-12-14(21)6-7-18(16)22-19(15)20/h2-7,12,22H,8-11H2,1H3. The van der Waals surface area contributed by atoms with E-state index >= 15 is 0 Å². The first kappa shape index (κ1) is 13.3. The van der Waals surface area contributed by atoms with Gasteiger partial charge in [-0.15, -0.1) is 0 Å². The summed E-state index contributed by atoms with van der Waals surface area (Å²) in [5.74, 6) is -0.157. The molecule has 0 amide bonds. The number of hydrogen-bond acceptors (Lipinski definition) is 1. The van der Waals surface area contributed by atoms with Crippen LogP contribution >= 0.6 is 0 Å². The number of nitrogens with zero attached hydrogens (tertiary/aromatic N) is 1. The lowest BCUT2D eigenvalue weighted by Gasteiger charge is -2.49. The molecule has 0 saturated heterocycles. The lowest BCUT2D eigenvalue weighted by Crippen LogP contribution is -2.53. The fourth-order valence-electron chi connectivity index (χ4n) is 4.63. The molecule has 116 valence electrons. The van der Waals surface area contributed by atoms with Crippen molar-refractivity contribution in [1.29, 1.82) is 0 Å². The summed E-state index contributed by atoms with van der Waals surface area (Å²) >= 11 is 0. The van der Waals surface area contributed by atoms with Gasteiger partial charge in [-0.3, -0.25) is 4.90 Å². The van der Waals surface area contributed by atoms with Gasteiger partial charge in [0.1, 0.15) is 5.82 Å². The third-order valence-electron chi connectivity index (χ3n) is 5.81. The molecule has 0 spiro atoms. The van der Waals surface area contributed by atoms with Crippen LogP contribution in [0.2, 0.25) is 0 Å². The van der Waals surface area contributed by atoms with Gasteiger partial charge in [0, 0.05) is 29.7 Å². The Hall–Kier alpha value is -2.13. The van der Waals surface area contributed by atoms with Crippen LogP contribution in [0.15, 0.2) is 42.5 Å². The highest BCUT2D eigenvalue weighted by atomic mass is 19.1. The minimum Gasteiger partial charge on any atom is -0.356 e. The number of aromatic amines is 1. The zero-order valence-electron chi connectivity index (χ0n) is 13.2. The number of hydrogen-bond donors (Lipinski definition) is 1. The molecule has 1 atom stereocenters. The van der Waals surface area contributed by atoms with E-state index in [1.807, 2.05) is 6.07 Å². The van der Waals surface area contributed by atoms with Crippen molar-refractivity contribution in [3.05, 3.63) is 70.7 Å². The van der Waals surface area contributed by atoms with E-state index in [4.69, 9.17) is 0 Å². The van der Waals surface area contributed by atoms with Gasteiger partial charge < -0.3 is 4.98 Å². The molecule has 2 aromatic carbocycles. The van der Waals surface area contributed by atoms with Crippen LogP contribution < -0.4 is 0 Å². The molecule has 0 bridgehead atoms. The Bertz CT molecular complexity index is 927. The van der Waals surface area contributed by atoms with Crippen LogP contribution in [0.1, 0.15) is 29.3 Å². The molecule has 5 rings (SSSR count). The summed E-state index contributed by atoms with van der Waals surface area (Å²) in [6.45, 7) is 4.42. The van der Waals surface area contributed by atoms with E-state index in [1.165, 1.54) is 22.4 Å². The second kappa shape index (κ2) is 4.45. The fourth-order valence-corrected chi connectivity index (χ4v) is 4.63. The van der Waals surface area contributed by atoms with E-state index in [0.717, 1.165) is 36.8 Å². The molecular weight excluding hydrogens is 287 g/mol. The normalized spacial score (nSPS) is 23.4. The predicted molar refractivity (Wildman–Crippen MR) is 90.1 cm³/mol. The van der Waals surface area contributed by atoms with Gasteiger partial charge in [0.25, 0.3) is 0 Å². The lowest BCUT2D eigenvalue weighted by atomic mass is 9.75. The summed E-state index contributed by atoms with van der Waals surface area (Å²) in [6.07, 6.45) is 2.09. The molecule has 3 heteroatoms. The largest absolute Gasteiger partial charge is 0.356 e. The molecule has 2 nitrogen and oxygen atoms in total. The quantitative estimate of drug-likeness (QED) is 0.665. The molecular formula is C20H19FN2. The molecule has 3 aromatic rings. The van der Waals surface area contributed by atoms with E-state index < -0.39 is 0 Å². The second-order valence-electron chi connectivity index (χ2n) is 6.88. The summed E-state index contributed by atoms with van der Waals surface area (Å²) in [6, 6.07) is 13.8. The smallest absolute Gasteiger partial charge is 0.123 e. The molecule has 0 saturated carbocycles. The minimum absolute atomic E-state index is 0.141. The summed E-state index contributed by atoms with van der Waals surface area (Å²) < 4.78 is 13.7. The molecule has 3 heterocycles. The number of aromatic nitrogens is 1. The second-order valence-corrected chi connectivity index (χ2v) is 6.88. The van der Waals surface area contributed by atoms with E-state index in [-0.39, 0.29) is 11.4 Å². The first-order valence-electron chi connectivity index (χ1n) is 8.32. The minimum atomic E-state index is -0.157. The van der Waals surface area contributed by atoms with Crippen molar-refractivity contribution in [2.45, 2.75) is 25.3 Å². The molecule has 0 radical (unpaired) electrons. The maximum absolute atomic E-state index is 13.7. The zero-order chi connectivity index (χ0) is 15.6. The van der Waals surface area contributed by atoms with Gasteiger partial charge in [0.05, 0.1) is 5.54 Å². The van der Waals surface area contributed by atoms with Gasteiger partial charge in [0.2, 0.25) is 0 Å². The van der Waals surface area contributed by atoms with Crippen LogP contribution in [0.5, 0.6) is 0 Å². The summed E-state index contributed by atoms with van der Waals surface area (Å²) in [5.41, 5.74) is 6.26. The highest BCUT2D eigenvalue weighted by Gasteiger charge is 2.45. The number of fused-ring (bicyclic) bond motifs is 7. The van der Waals surface area contributed by atoms with Crippen molar-refractivity contribution in [3.63, 3.8) is 0 Å². The number of rotatable bonds is 0. The Labute approximate surface area is 134 Å². The Morgan fingerprint density at radius 3 is 2.83 bits per heavy atom. The molecule has 2 aliphatic heterocycles. The first-order valence-corrected chi connectivity index (χ1v) is 8.32. The number of halogens is 1. The molecule has 1 unspecified atom stereocenters. The summed E-state index contributed by atoms with van der Waals surface area (Å²) in [5, 5.41) is 1.05. The van der Waals surface area contributed by atoms with Crippen molar-refractivity contribution in [2.24, 2.45) is 0 Å². The molecule has 1 N–H and O–H groups in total. The summed E-state index contributed by atoms with van der Waals surface area (Å²) in [7, 11) is 0. The average molecular weight is 306 g/mol. The predicted octanol–water partition coefficient (Wildman–Crippen LogP) is 3.98. The Morgan fingerprint density at radius 1 is 1.09 bits per heavy atom. The molecule has 2 aliphatic rings. The molecule has 23 heavy (non-hydrogen) atoms. The van der Waals surface area contributed by atoms with Crippen LogP contribution in [-0.4, -0.2) is 23.0 Å². The van der Waals surface area contributed by atoms with Crippen molar-refractivity contribution >= 4 is 10.9 Å². The summed E-state index contributed by atoms with van der Waals surface area (Å²) in [4.78, 5) is 6.19. The Morgan fingerprint density at radius 2 is 1.91 bits per heavy atom. The van der Waals surface area contributed by atoms with Gasteiger partial charge in [0.15, 0.2) is 0 Å². The highest BCUT2D eigenvalue weighted by Crippen LogP contribution is 2.46. The van der Waals surface area contributed by atoms with Crippen LogP contribution in [0, 0.1) is 5.82 Å².